The van der Waals surface area contributed by atoms with Crippen molar-refractivity contribution in [2.45, 2.75) is 173 Å². The van der Waals surface area contributed by atoms with Gasteiger partial charge in [0.15, 0.2) is 9.84 Å². The highest BCUT2D eigenvalue weighted by Crippen LogP contribution is 2.37. The number of sulfonamides is 1. The Morgan fingerprint density at radius 2 is 0.934 bits per heavy atom. The lowest BCUT2D eigenvalue weighted by Gasteiger charge is -2.24. The van der Waals surface area contributed by atoms with Gasteiger partial charge in [-0.25, -0.2) is 31.2 Å². The molecule has 5 aliphatic heterocycles. The highest BCUT2D eigenvalue weighted by molar-refractivity contribution is 9.10. The minimum absolute atomic E-state index is 0.0862. The Bertz CT molecular complexity index is 5760. The number of pyridine rings is 5. The quantitative estimate of drug-likeness (QED) is 0.0721. The molecule has 8 aromatic heterocycles. The standard InChI is InChI=1S/C26H27N5O4S2.C18H23BrN4O2.C18H24N4O2.C16H23NO5S.C10H10N2/c1-18-5-4-6-24(28-18)26-23(17-31(29-26)21-12-14-30(16-21)37(3,34)35)20-11-13-27-25(15-20)19-7-9-22(10-8-19)36(2,32)33;1-12-6-5-7-15(20-12)16-14(19)11-23(21-16)13-8-9-22(10-13)17(24)25-18(2,3)4;1-13-6-5-7-15(19-13)16-9-11-22(20-16)14-8-10-21(12-14)17(23)24-18(2,3)4;1-12-5-7-14(8-6-12)23(19,20)22-13-9-10-17(11-13)15(18)21-16(2,3)4;1-8-4-2-5-10(12-8)9-6-3-7-11-9/h4-11,13,15,17,21H,12,14,16H2,1-3H3;5-7,11,13H,8-10H2,1-4H3;5-7,9,11,14H,8,10,12H2,1-4H3;5-8,13H,9-11H2,1-4H3;2-6H,7H2,1H3/t21-;13-;14-;13-;/m1110./s1. The number of benzene rings is 2. The van der Waals surface area contributed by atoms with Gasteiger partial charge in [0.05, 0.1) is 92.0 Å². The zero-order chi connectivity index (χ0) is 87.5. The number of ether oxygens (including phenoxy) is 3. The fourth-order valence-electron chi connectivity index (χ4n) is 13.6. The van der Waals surface area contributed by atoms with E-state index in [0.29, 0.717) is 70.0 Å². The molecule has 0 bridgehead atoms. The summed E-state index contributed by atoms with van der Waals surface area (Å²) in [5.74, 6) is 0. The third kappa shape index (κ3) is 25.7. The Labute approximate surface area is 717 Å². The number of nitrogens with zero attached hydrogens (tertiary/aromatic N) is 16. The van der Waals surface area contributed by atoms with Gasteiger partial charge < -0.3 is 28.9 Å². The van der Waals surface area contributed by atoms with Gasteiger partial charge in [0.1, 0.15) is 33.9 Å². The van der Waals surface area contributed by atoms with Crippen molar-refractivity contribution in [3.05, 3.63) is 215 Å². The first-order chi connectivity index (χ1) is 57.0. The summed E-state index contributed by atoms with van der Waals surface area (Å²) in [5.41, 5.74) is 13.3. The van der Waals surface area contributed by atoms with E-state index in [9.17, 15) is 39.6 Å². The van der Waals surface area contributed by atoms with Gasteiger partial charge in [0, 0.05) is 111 Å². The number of rotatable bonds is 14. The minimum atomic E-state index is -3.82. The van der Waals surface area contributed by atoms with Crippen LogP contribution in [0.5, 0.6) is 0 Å². The van der Waals surface area contributed by atoms with Crippen molar-refractivity contribution in [1.29, 1.82) is 0 Å². The molecule has 0 saturated carbocycles. The maximum atomic E-state index is 12.2. The average Bonchev–Trinajstić information content (AvgIpc) is 1.63. The van der Waals surface area contributed by atoms with Crippen molar-refractivity contribution in [1.82, 2.24) is 73.3 Å². The summed E-state index contributed by atoms with van der Waals surface area (Å²) >= 11 is 3.58. The summed E-state index contributed by atoms with van der Waals surface area (Å²) in [6.07, 6.45) is 15.4. The number of hydrogen-bond donors (Lipinski definition) is 0. The Hall–Kier alpha value is -10.7. The first-order valence-electron chi connectivity index (χ1n) is 40.0. The van der Waals surface area contributed by atoms with Crippen LogP contribution in [0.15, 0.2) is 196 Å². The molecular weight excluding hydrogens is 1670 g/mol. The fraction of sp³-hybridized carbons (Fsp3) is 0.409. The van der Waals surface area contributed by atoms with Crippen LogP contribution in [0, 0.1) is 34.6 Å². The van der Waals surface area contributed by atoms with Crippen LogP contribution in [0.4, 0.5) is 14.4 Å². The molecule has 29 nitrogen and oxygen atoms in total. The van der Waals surface area contributed by atoms with Gasteiger partial charge in [0.25, 0.3) is 10.1 Å². The van der Waals surface area contributed by atoms with E-state index in [0.717, 1.165) is 109 Å². The van der Waals surface area contributed by atoms with Crippen LogP contribution >= 0.6 is 15.9 Å². The molecule has 121 heavy (non-hydrogen) atoms. The largest absolute Gasteiger partial charge is 0.444 e. The number of carbonyl (C=O) groups is 3. The lowest BCUT2D eigenvalue weighted by molar-refractivity contribution is 0.0269. The first-order valence-corrected chi connectivity index (χ1v) is 45.9. The number of amides is 3. The van der Waals surface area contributed by atoms with E-state index in [1.807, 2.05) is 212 Å². The molecule has 0 unspecified atom stereocenters. The summed E-state index contributed by atoms with van der Waals surface area (Å²) in [4.78, 5) is 68.6. The molecule has 3 amide bonds. The Morgan fingerprint density at radius 3 is 1.45 bits per heavy atom. The zero-order valence-corrected chi connectivity index (χ0v) is 75.3. The number of carbonyl (C=O) groups excluding carboxylic acids is 3. The van der Waals surface area contributed by atoms with Gasteiger partial charge in [0.2, 0.25) is 10.0 Å². The van der Waals surface area contributed by atoms with E-state index in [4.69, 9.17) is 28.6 Å². The van der Waals surface area contributed by atoms with E-state index < -0.39 is 59.0 Å². The number of halogens is 1. The second kappa shape index (κ2) is 38.6. The molecule has 15 rings (SSSR count). The maximum Gasteiger partial charge on any atom is 0.410 e. The molecule has 10 aromatic rings. The second-order valence-electron chi connectivity index (χ2n) is 33.4. The predicted octanol–water partition coefficient (Wildman–Crippen LogP) is 15.7. The third-order valence-electron chi connectivity index (χ3n) is 19.6. The van der Waals surface area contributed by atoms with Crippen molar-refractivity contribution >= 4 is 69.9 Å². The van der Waals surface area contributed by atoms with Gasteiger partial charge in [-0.15, -0.1) is 0 Å². The third-order valence-corrected chi connectivity index (χ3v) is 24.0. The van der Waals surface area contributed by atoms with E-state index in [-0.39, 0.29) is 46.6 Å². The molecule has 33 heteroatoms. The maximum absolute atomic E-state index is 12.2. The van der Waals surface area contributed by atoms with Gasteiger partial charge in [-0.1, -0.05) is 60.2 Å². The molecule has 4 saturated heterocycles. The van der Waals surface area contributed by atoms with Gasteiger partial charge in [-0.2, -0.15) is 28.0 Å². The van der Waals surface area contributed by atoms with E-state index in [2.05, 4.69) is 50.9 Å². The van der Waals surface area contributed by atoms with Crippen molar-refractivity contribution < 1.29 is 58.0 Å². The molecule has 0 radical (unpaired) electrons. The predicted molar refractivity (Wildman–Crippen MR) is 468 cm³/mol. The number of hydrogen-bond acceptors (Lipinski definition) is 22. The van der Waals surface area contributed by atoms with Gasteiger partial charge in [-0.3, -0.25) is 48.1 Å². The average molecular weight is 1770 g/mol. The smallest absolute Gasteiger partial charge is 0.410 e. The number of aromatic nitrogens is 11. The van der Waals surface area contributed by atoms with Crippen LogP contribution in [0.3, 0.4) is 0 Å². The number of aliphatic imine (C=N–C) groups is 1. The summed E-state index contributed by atoms with van der Waals surface area (Å²) in [6, 6.07) is 42.7. The molecule has 4 fully saturated rings. The Kier molecular flexibility index (Phi) is 29.0. The topological polar surface area (TPSA) is 334 Å². The normalized spacial score (nSPS) is 17.5. The number of allylic oxidation sites excluding steroid dienone is 1. The first kappa shape index (κ1) is 91.0. The number of likely N-dealkylation sites (tertiary alicyclic amines) is 3. The van der Waals surface area contributed by atoms with Crippen molar-refractivity contribution in [2.75, 3.05) is 71.4 Å². The van der Waals surface area contributed by atoms with Crippen LogP contribution in [-0.2, 0) is 48.4 Å². The van der Waals surface area contributed by atoms with Crippen LogP contribution < -0.4 is 0 Å². The summed E-state index contributed by atoms with van der Waals surface area (Å²) in [5, 5.41) is 14.2. The molecule has 0 aliphatic carbocycles. The molecule has 5 aliphatic rings. The molecule has 0 N–H and O–H groups in total. The monoisotopic (exact) mass is 1770 g/mol. The lowest BCUT2D eigenvalue weighted by atomic mass is 10.0. The van der Waals surface area contributed by atoms with Crippen molar-refractivity contribution in [3.63, 3.8) is 0 Å². The molecule has 0 spiro atoms. The number of sulfone groups is 1. The van der Waals surface area contributed by atoms with Gasteiger partial charge >= 0.3 is 18.3 Å². The van der Waals surface area contributed by atoms with Crippen LogP contribution in [0.2, 0.25) is 0 Å². The summed E-state index contributed by atoms with van der Waals surface area (Å²) in [7, 11) is -10.4. The zero-order valence-electron chi connectivity index (χ0n) is 71.3. The number of aryl methyl sites for hydroxylation is 5. The Balaban J connectivity index is 0.000000153. The van der Waals surface area contributed by atoms with E-state index in [1.54, 1.807) is 73.2 Å². The van der Waals surface area contributed by atoms with Crippen LogP contribution in [0.25, 0.3) is 56.5 Å². The van der Waals surface area contributed by atoms with E-state index in [1.165, 1.54) is 33.8 Å². The van der Waals surface area contributed by atoms with Gasteiger partial charge in [-0.05, 0) is 241 Å². The summed E-state index contributed by atoms with van der Waals surface area (Å²) in [6.45, 7) is 31.2. The van der Waals surface area contributed by atoms with Crippen LogP contribution in [0.1, 0.15) is 140 Å². The molecule has 2 aromatic carbocycles. The Morgan fingerprint density at radius 1 is 0.463 bits per heavy atom. The fourth-order valence-corrected chi connectivity index (χ4v) is 16.7. The van der Waals surface area contributed by atoms with E-state index >= 15 is 0 Å². The molecule has 13 heterocycles. The molecule has 642 valence electrons. The van der Waals surface area contributed by atoms with Crippen LogP contribution in [-0.4, -0.2) is 217 Å². The molecular formula is C88H107BrN16O13S3. The highest BCUT2D eigenvalue weighted by atomic mass is 79.9. The SMILES string of the molecule is Cc1ccc(S(=O)(=O)O[C@H]2CCN(C(=O)OC(C)(C)C)C2)cc1.Cc1cccc(-c2ccn([C@@H]3CCN(C(=O)OC(C)(C)C)C3)n2)n1.Cc1cccc(-c2nn([C@@H]3CCN(C(=O)OC(C)(C)C)C3)cc2Br)n1.Cc1cccc(-c2nn([C@@H]3CCN(S(C)(=O)=O)C3)cc2-c2ccnc(-c3ccc(S(C)(=O)=O)cc3)c2)n1.Cc1cccc(C2=NCC=C2)n1. The summed E-state index contributed by atoms with van der Waals surface area (Å²) < 4.78 is 102. The van der Waals surface area contributed by atoms with Crippen molar-refractivity contribution in [2.24, 2.45) is 4.99 Å². The minimum Gasteiger partial charge on any atom is -0.444 e. The second-order valence-corrected chi connectivity index (χ2v) is 39.8. The highest BCUT2D eigenvalue weighted by Gasteiger charge is 2.37. The lowest BCUT2D eigenvalue weighted by Crippen LogP contribution is -2.36. The molecule has 4 atom stereocenters. The van der Waals surface area contributed by atoms with Crippen molar-refractivity contribution in [3.8, 4) is 56.5 Å².